The van der Waals surface area contributed by atoms with Gasteiger partial charge in [0.1, 0.15) is 11.4 Å². The Labute approximate surface area is 129 Å². The van der Waals surface area contributed by atoms with E-state index in [9.17, 15) is 9.59 Å². The number of carbonyl (C=O) groups is 2. The minimum Gasteiger partial charge on any atom is -0.486 e. The first-order chi connectivity index (χ1) is 10.5. The van der Waals surface area contributed by atoms with Crippen molar-refractivity contribution in [3.8, 4) is 5.75 Å². The molecule has 118 valence electrons. The second-order valence-electron chi connectivity index (χ2n) is 6.24. The molecule has 1 aromatic carbocycles. The zero-order valence-corrected chi connectivity index (χ0v) is 12.8. The Morgan fingerprint density at radius 1 is 1.36 bits per heavy atom. The molecule has 0 aliphatic carbocycles. The Bertz CT molecular complexity index is 603. The van der Waals surface area contributed by atoms with Gasteiger partial charge in [0.25, 0.3) is 0 Å². The van der Waals surface area contributed by atoms with E-state index in [1.165, 1.54) is 0 Å². The predicted molar refractivity (Wildman–Crippen MR) is 81.4 cm³/mol. The van der Waals surface area contributed by atoms with Gasteiger partial charge in [-0.15, -0.1) is 0 Å². The lowest BCUT2D eigenvalue weighted by Gasteiger charge is -2.43. The van der Waals surface area contributed by atoms with Crippen LogP contribution in [-0.2, 0) is 11.2 Å². The first-order valence-electron chi connectivity index (χ1n) is 7.81. The molecule has 3 rings (SSSR count). The highest BCUT2D eigenvalue weighted by Gasteiger charge is 2.43. The molecule has 1 saturated heterocycles. The third-order valence-corrected chi connectivity index (χ3v) is 4.69. The van der Waals surface area contributed by atoms with Crippen LogP contribution >= 0.6 is 0 Å². The fourth-order valence-electron chi connectivity index (χ4n) is 3.35. The summed E-state index contributed by atoms with van der Waals surface area (Å²) in [5, 5.41) is 8.86. The van der Waals surface area contributed by atoms with Crippen LogP contribution in [0.5, 0.6) is 5.75 Å². The summed E-state index contributed by atoms with van der Waals surface area (Å²) in [6.07, 6.45) is 2.69. The number of carboxylic acids is 1. The Morgan fingerprint density at radius 3 is 2.73 bits per heavy atom. The van der Waals surface area contributed by atoms with Crippen molar-refractivity contribution >= 4 is 11.8 Å². The lowest BCUT2D eigenvalue weighted by molar-refractivity contribution is -0.139. The van der Waals surface area contributed by atoms with Gasteiger partial charge in [-0.2, -0.15) is 0 Å². The van der Waals surface area contributed by atoms with E-state index in [-0.39, 0.29) is 12.3 Å². The summed E-state index contributed by atoms with van der Waals surface area (Å²) in [6.45, 7) is 3.43. The number of rotatable bonds is 3. The monoisotopic (exact) mass is 303 g/mol. The van der Waals surface area contributed by atoms with Crippen LogP contribution in [0.2, 0.25) is 0 Å². The molecule has 1 aromatic rings. The molecule has 2 heterocycles. The molecular weight excluding hydrogens is 282 g/mol. The number of aliphatic carboxylic acids is 1. The van der Waals surface area contributed by atoms with Crippen LogP contribution in [0.3, 0.4) is 0 Å². The number of Topliss-reactive ketones (excluding diaryl/α,β-unsaturated/α-hetero) is 1. The lowest BCUT2D eigenvalue weighted by atomic mass is 9.82. The quantitative estimate of drug-likeness (QED) is 0.926. The van der Waals surface area contributed by atoms with Gasteiger partial charge >= 0.3 is 5.97 Å². The molecule has 5 nitrogen and oxygen atoms in total. The van der Waals surface area contributed by atoms with Crippen LogP contribution in [-0.4, -0.2) is 47.0 Å². The number of piperidine rings is 1. The van der Waals surface area contributed by atoms with Gasteiger partial charge in [0.05, 0.1) is 18.5 Å². The molecule has 0 unspecified atom stereocenters. The summed E-state index contributed by atoms with van der Waals surface area (Å²) in [5.41, 5.74) is 1.38. The molecule has 0 amide bonds. The number of aryl methyl sites for hydroxylation is 1. The number of fused-ring (bicyclic) bond motifs is 1. The van der Waals surface area contributed by atoms with Crippen LogP contribution in [0.25, 0.3) is 0 Å². The molecule has 0 radical (unpaired) electrons. The van der Waals surface area contributed by atoms with Gasteiger partial charge in [-0.05, 0) is 24.1 Å². The topological polar surface area (TPSA) is 66.8 Å². The SMILES string of the molecule is CCc1ccc2c(c1)C(=O)CC1(CCN(CC(=O)O)CC1)O2. The standard InChI is InChI=1S/C17H21NO4/c1-2-12-3-4-15-13(9-12)14(19)10-17(22-15)5-7-18(8-6-17)11-16(20)21/h3-4,9H,2,5-8,10-11H2,1H3,(H,20,21). The molecule has 5 heteroatoms. The molecule has 0 aromatic heterocycles. The van der Waals surface area contributed by atoms with Crippen LogP contribution in [0.15, 0.2) is 18.2 Å². The maximum absolute atomic E-state index is 12.5. The Morgan fingerprint density at radius 2 is 2.09 bits per heavy atom. The summed E-state index contributed by atoms with van der Waals surface area (Å²) in [5.74, 6) is 0.0115. The number of likely N-dealkylation sites (tertiary alicyclic amines) is 1. The molecule has 0 bridgehead atoms. The largest absolute Gasteiger partial charge is 0.486 e. The van der Waals surface area contributed by atoms with Crippen LogP contribution < -0.4 is 4.74 Å². The fraction of sp³-hybridized carbons (Fsp3) is 0.529. The number of carboxylic acid groups (broad SMARTS) is 1. The van der Waals surface area contributed by atoms with Crippen molar-refractivity contribution in [2.24, 2.45) is 0 Å². The van der Waals surface area contributed by atoms with Gasteiger partial charge in [-0.1, -0.05) is 13.0 Å². The van der Waals surface area contributed by atoms with Gasteiger partial charge in [0.2, 0.25) is 0 Å². The molecule has 0 saturated carbocycles. The van der Waals surface area contributed by atoms with Crippen LogP contribution in [0.1, 0.15) is 42.1 Å². The van der Waals surface area contributed by atoms with Crippen molar-refractivity contribution in [2.75, 3.05) is 19.6 Å². The molecule has 2 aliphatic rings. The lowest BCUT2D eigenvalue weighted by Crippen LogP contribution is -2.51. The van der Waals surface area contributed by atoms with Crippen LogP contribution in [0.4, 0.5) is 0 Å². The molecule has 1 spiro atoms. The Hall–Kier alpha value is -1.88. The molecule has 22 heavy (non-hydrogen) atoms. The molecular formula is C17H21NO4. The number of hydrogen-bond acceptors (Lipinski definition) is 4. The van der Waals surface area contributed by atoms with Crippen LogP contribution in [0, 0.1) is 0 Å². The van der Waals surface area contributed by atoms with Gasteiger partial charge in [-0.25, -0.2) is 0 Å². The van der Waals surface area contributed by atoms with Gasteiger partial charge < -0.3 is 9.84 Å². The van der Waals surface area contributed by atoms with E-state index in [0.29, 0.717) is 43.7 Å². The summed E-state index contributed by atoms with van der Waals surface area (Å²) in [6, 6.07) is 5.84. The molecule has 1 N–H and O–H groups in total. The molecule has 0 atom stereocenters. The van der Waals surface area contributed by atoms with Crippen molar-refractivity contribution < 1.29 is 19.4 Å². The van der Waals surface area contributed by atoms with E-state index in [2.05, 4.69) is 6.92 Å². The first-order valence-corrected chi connectivity index (χ1v) is 7.81. The zero-order valence-electron chi connectivity index (χ0n) is 12.8. The van der Waals surface area contributed by atoms with E-state index in [4.69, 9.17) is 9.84 Å². The second kappa shape index (κ2) is 5.72. The summed E-state index contributed by atoms with van der Waals surface area (Å²) in [4.78, 5) is 25.2. The maximum atomic E-state index is 12.5. The van der Waals surface area contributed by atoms with Crippen molar-refractivity contribution in [3.63, 3.8) is 0 Å². The Balaban J connectivity index is 1.75. The van der Waals surface area contributed by atoms with Gasteiger partial charge in [0, 0.05) is 25.9 Å². The molecule has 1 fully saturated rings. The van der Waals surface area contributed by atoms with Crippen molar-refractivity contribution in [3.05, 3.63) is 29.3 Å². The van der Waals surface area contributed by atoms with Crippen molar-refractivity contribution in [1.29, 1.82) is 0 Å². The van der Waals surface area contributed by atoms with E-state index < -0.39 is 11.6 Å². The smallest absolute Gasteiger partial charge is 0.317 e. The average Bonchev–Trinajstić information content (AvgIpc) is 2.49. The third kappa shape index (κ3) is 2.86. The van der Waals surface area contributed by atoms with E-state index in [1.807, 2.05) is 23.1 Å². The summed E-state index contributed by atoms with van der Waals surface area (Å²) in [7, 11) is 0. The van der Waals surface area contributed by atoms with E-state index >= 15 is 0 Å². The number of carbonyl (C=O) groups excluding carboxylic acids is 1. The van der Waals surface area contributed by atoms with Gasteiger partial charge in [-0.3, -0.25) is 14.5 Å². The van der Waals surface area contributed by atoms with E-state index in [1.54, 1.807) is 0 Å². The normalized spacial score (nSPS) is 20.5. The second-order valence-corrected chi connectivity index (χ2v) is 6.24. The first kappa shape index (κ1) is 15.0. The number of benzene rings is 1. The number of hydrogen-bond donors (Lipinski definition) is 1. The van der Waals surface area contributed by atoms with Gasteiger partial charge in [0.15, 0.2) is 5.78 Å². The average molecular weight is 303 g/mol. The molecule has 2 aliphatic heterocycles. The highest BCUT2D eigenvalue weighted by molar-refractivity contribution is 6.00. The van der Waals surface area contributed by atoms with Crippen molar-refractivity contribution in [1.82, 2.24) is 4.90 Å². The fourth-order valence-corrected chi connectivity index (χ4v) is 3.35. The summed E-state index contributed by atoms with van der Waals surface area (Å²) < 4.78 is 6.19. The minimum absolute atomic E-state index is 0.0560. The number of nitrogens with zero attached hydrogens (tertiary/aromatic N) is 1. The zero-order chi connectivity index (χ0) is 15.7. The number of ketones is 1. The van der Waals surface area contributed by atoms with Crippen molar-refractivity contribution in [2.45, 2.75) is 38.2 Å². The number of ether oxygens (including phenoxy) is 1. The van der Waals surface area contributed by atoms with E-state index in [0.717, 1.165) is 12.0 Å². The maximum Gasteiger partial charge on any atom is 0.317 e. The Kier molecular flexibility index (Phi) is 3.91. The minimum atomic E-state index is -0.811. The third-order valence-electron chi connectivity index (χ3n) is 4.69. The summed E-state index contributed by atoms with van der Waals surface area (Å²) >= 11 is 0. The predicted octanol–water partition coefficient (Wildman–Crippen LogP) is 2.13. The highest BCUT2D eigenvalue weighted by Crippen LogP contribution is 2.39. The highest BCUT2D eigenvalue weighted by atomic mass is 16.5.